The lowest BCUT2D eigenvalue weighted by Gasteiger charge is -2.37. The molecule has 1 aromatic heterocycles. The highest BCUT2D eigenvalue weighted by Gasteiger charge is 2.25. The van der Waals surface area contributed by atoms with E-state index >= 15 is 0 Å². The lowest BCUT2D eigenvalue weighted by molar-refractivity contribution is 0.447. The van der Waals surface area contributed by atoms with Gasteiger partial charge in [-0.1, -0.05) is 6.92 Å². The van der Waals surface area contributed by atoms with Crippen LogP contribution in [0.15, 0.2) is 6.33 Å². The van der Waals surface area contributed by atoms with E-state index in [1.165, 1.54) is 19.3 Å². The number of nitrogens with zero attached hydrogens (tertiary/aromatic N) is 4. The molecule has 1 saturated heterocycles. The van der Waals surface area contributed by atoms with E-state index in [1.807, 2.05) is 0 Å². The molecular formula is C15H27N5. The zero-order valence-electron chi connectivity index (χ0n) is 13.0. The lowest BCUT2D eigenvalue weighted by atomic mass is 10.00. The third kappa shape index (κ3) is 2.81. The molecule has 0 spiro atoms. The molecule has 0 bridgehead atoms. The second-order valence-corrected chi connectivity index (χ2v) is 5.36. The van der Waals surface area contributed by atoms with Gasteiger partial charge in [-0.3, -0.25) is 0 Å². The lowest BCUT2D eigenvalue weighted by Crippen LogP contribution is -2.40. The predicted molar refractivity (Wildman–Crippen MR) is 85.3 cm³/mol. The van der Waals surface area contributed by atoms with Gasteiger partial charge in [-0.2, -0.15) is 0 Å². The molecule has 0 radical (unpaired) electrons. The Kier molecular flexibility index (Phi) is 5.04. The van der Waals surface area contributed by atoms with Gasteiger partial charge < -0.3 is 15.5 Å². The van der Waals surface area contributed by atoms with Crippen LogP contribution >= 0.6 is 0 Å². The molecule has 1 aliphatic rings. The van der Waals surface area contributed by atoms with Crippen LogP contribution in [0.4, 0.5) is 17.3 Å². The number of piperidine rings is 1. The Bertz CT molecular complexity index is 430. The van der Waals surface area contributed by atoms with Crippen molar-refractivity contribution in [2.24, 2.45) is 0 Å². The Hall–Kier alpha value is -1.52. The van der Waals surface area contributed by atoms with Gasteiger partial charge in [-0.05, 0) is 39.5 Å². The van der Waals surface area contributed by atoms with Crippen LogP contribution < -0.4 is 15.5 Å². The minimum Gasteiger partial charge on any atom is -0.393 e. The number of rotatable bonds is 5. The average Bonchev–Trinajstić information content (AvgIpc) is 2.50. The molecule has 5 heteroatoms. The summed E-state index contributed by atoms with van der Waals surface area (Å²) in [6.07, 6.45) is 6.56. The molecule has 5 nitrogen and oxygen atoms in total. The molecule has 1 aliphatic heterocycles. The van der Waals surface area contributed by atoms with Crippen LogP contribution in [0, 0.1) is 0 Å². The fraction of sp³-hybridized carbons (Fsp3) is 0.733. The Morgan fingerprint density at radius 1 is 1.25 bits per heavy atom. The van der Waals surface area contributed by atoms with E-state index in [0.29, 0.717) is 6.04 Å². The summed E-state index contributed by atoms with van der Waals surface area (Å²) in [6.45, 7) is 9.37. The van der Waals surface area contributed by atoms with Crippen LogP contribution in [-0.2, 0) is 0 Å². The highest BCUT2D eigenvalue weighted by molar-refractivity contribution is 5.76. The first-order valence-electron chi connectivity index (χ1n) is 7.84. The Balaban J connectivity index is 2.34. The van der Waals surface area contributed by atoms with Crippen molar-refractivity contribution in [3.63, 3.8) is 0 Å². The highest BCUT2D eigenvalue weighted by Crippen LogP contribution is 2.33. The summed E-state index contributed by atoms with van der Waals surface area (Å²) in [5, 5.41) is 0. The van der Waals surface area contributed by atoms with Crippen LogP contribution in [0.2, 0.25) is 0 Å². The zero-order chi connectivity index (χ0) is 14.5. The van der Waals surface area contributed by atoms with Gasteiger partial charge in [0.15, 0.2) is 11.6 Å². The molecule has 1 unspecified atom stereocenters. The van der Waals surface area contributed by atoms with Gasteiger partial charge in [-0.25, -0.2) is 9.97 Å². The molecule has 2 N–H and O–H groups in total. The Morgan fingerprint density at radius 2 is 2.00 bits per heavy atom. The van der Waals surface area contributed by atoms with Gasteiger partial charge in [0.25, 0.3) is 0 Å². The summed E-state index contributed by atoms with van der Waals surface area (Å²) < 4.78 is 0. The maximum absolute atomic E-state index is 6.37. The van der Waals surface area contributed by atoms with Crippen molar-refractivity contribution >= 4 is 17.3 Å². The topological polar surface area (TPSA) is 58.3 Å². The quantitative estimate of drug-likeness (QED) is 0.896. The first-order valence-corrected chi connectivity index (χ1v) is 7.84. The van der Waals surface area contributed by atoms with E-state index in [9.17, 15) is 0 Å². The monoisotopic (exact) mass is 277 g/mol. The molecule has 2 heterocycles. The number of anilines is 3. The van der Waals surface area contributed by atoms with E-state index < -0.39 is 0 Å². The molecule has 1 aromatic rings. The minimum absolute atomic E-state index is 0.561. The Morgan fingerprint density at radius 3 is 2.65 bits per heavy atom. The van der Waals surface area contributed by atoms with Gasteiger partial charge in [-0.15, -0.1) is 0 Å². The molecule has 20 heavy (non-hydrogen) atoms. The maximum atomic E-state index is 6.37. The fourth-order valence-electron chi connectivity index (χ4n) is 3.09. The van der Waals surface area contributed by atoms with Crippen molar-refractivity contribution in [3.8, 4) is 0 Å². The van der Waals surface area contributed by atoms with Gasteiger partial charge in [0.2, 0.25) is 0 Å². The largest absolute Gasteiger partial charge is 0.393 e. The summed E-state index contributed by atoms with van der Waals surface area (Å²) >= 11 is 0. The van der Waals surface area contributed by atoms with Crippen molar-refractivity contribution in [2.75, 3.05) is 35.2 Å². The Labute approximate surface area is 122 Å². The first-order chi connectivity index (χ1) is 9.72. The predicted octanol–water partition coefficient (Wildman–Crippen LogP) is 2.67. The van der Waals surface area contributed by atoms with Gasteiger partial charge in [0.1, 0.15) is 12.0 Å². The van der Waals surface area contributed by atoms with E-state index in [4.69, 9.17) is 5.73 Å². The number of nitrogen functional groups attached to an aromatic ring is 1. The van der Waals surface area contributed by atoms with Crippen LogP contribution in [0.25, 0.3) is 0 Å². The van der Waals surface area contributed by atoms with E-state index in [0.717, 1.165) is 43.4 Å². The maximum Gasteiger partial charge on any atom is 0.157 e. The number of hydrogen-bond donors (Lipinski definition) is 1. The number of nitrogens with two attached hydrogens (primary N) is 1. The summed E-state index contributed by atoms with van der Waals surface area (Å²) in [6, 6.07) is 0.561. The summed E-state index contributed by atoms with van der Waals surface area (Å²) in [5.41, 5.74) is 7.11. The van der Waals surface area contributed by atoms with E-state index in [1.54, 1.807) is 6.33 Å². The standard InChI is InChI=1S/C15H27N5/c1-4-12-9-7-8-10-20(12)15-13(16)14(17-11-18-15)19(5-2)6-3/h11-12H,4-10,16H2,1-3H3. The molecule has 0 aliphatic carbocycles. The molecule has 0 saturated carbocycles. The van der Waals surface area contributed by atoms with Crippen molar-refractivity contribution < 1.29 is 0 Å². The van der Waals surface area contributed by atoms with Gasteiger partial charge in [0, 0.05) is 25.7 Å². The molecule has 1 fully saturated rings. The summed E-state index contributed by atoms with van der Waals surface area (Å²) in [7, 11) is 0. The summed E-state index contributed by atoms with van der Waals surface area (Å²) in [5.74, 6) is 1.80. The van der Waals surface area contributed by atoms with Crippen LogP contribution in [0.5, 0.6) is 0 Å². The van der Waals surface area contributed by atoms with Crippen LogP contribution in [0.3, 0.4) is 0 Å². The summed E-state index contributed by atoms with van der Waals surface area (Å²) in [4.78, 5) is 13.4. The molecule has 2 rings (SSSR count). The van der Waals surface area contributed by atoms with E-state index in [2.05, 4.69) is 40.5 Å². The first kappa shape index (κ1) is 14.9. The normalized spacial score (nSPS) is 19.1. The van der Waals surface area contributed by atoms with Crippen molar-refractivity contribution in [3.05, 3.63) is 6.33 Å². The van der Waals surface area contributed by atoms with E-state index in [-0.39, 0.29) is 0 Å². The van der Waals surface area contributed by atoms with Crippen molar-refractivity contribution in [1.82, 2.24) is 9.97 Å². The third-order valence-electron chi connectivity index (χ3n) is 4.28. The molecule has 1 atom stereocenters. The molecule has 0 amide bonds. The smallest absolute Gasteiger partial charge is 0.157 e. The van der Waals surface area contributed by atoms with Crippen molar-refractivity contribution in [1.29, 1.82) is 0 Å². The molecule has 112 valence electrons. The third-order valence-corrected chi connectivity index (χ3v) is 4.28. The van der Waals surface area contributed by atoms with Gasteiger partial charge in [0.05, 0.1) is 0 Å². The fourth-order valence-corrected chi connectivity index (χ4v) is 3.09. The van der Waals surface area contributed by atoms with Crippen LogP contribution in [0.1, 0.15) is 46.5 Å². The number of aromatic nitrogens is 2. The average molecular weight is 277 g/mol. The minimum atomic E-state index is 0.561. The molecular weight excluding hydrogens is 250 g/mol. The highest BCUT2D eigenvalue weighted by atomic mass is 15.3. The van der Waals surface area contributed by atoms with Crippen LogP contribution in [-0.4, -0.2) is 35.6 Å². The van der Waals surface area contributed by atoms with Gasteiger partial charge >= 0.3 is 0 Å². The second kappa shape index (κ2) is 6.77. The molecule has 0 aromatic carbocycles. The number of hydrogen-bond acceptors (Lipinski definition) is 5. The SMILES string of the molecule is CCC1CCCCN1c1ncnc(N(CC)CC)c1N. The van der Waals surface area contributed by atoms with Crippen molar-refractivity contribution in [2.45, 2.75) is 52.5 Å². The zero-order valence-corrected chi connectivity index (χ0v) is 13.0. The second-order valence-electron chi connectivity index (χ2n) is 5.36.